The highest BCUT2D eigenvalue weighted by atomic mass is 16.2. The summed E-state index contributed by atoms with van der Waals surface area (Å²) in [5.74, 6) is 3.09. The molecule has 4 aliphatic rings. The highest BCUT2D eigenvalue weighted by Gasteiger charge is 2.60. The summed E-state index contributed by atoms with van der Waals surface area (Å²) in [5, 5.41) is 4.61. The highest BCUT2D eigenvalue weighted by Crippen LogP contribution is 2.65. The molecule has 2 unspecified atom stereocenters. The molecule has 3 fully saturated rings. The van der Waals surface area contributed by atoms with Gasteiger partial charge in [-0.25, -0.2) is 0 Å². The molecule has 5 heteroatoms. The zero-order valence-electron chi connectivity index (χ0n) is 22.8. The minimum atomic E-state index is 0.101. The molecule has 3 saturated carbocycles. The number of aromatic amines is 1. The second-order valence-corrected chi connectivity index (χ2v) is 13.0. The Bertz CT molecular complexity index is 1220. The molecule has 2 aromatic rings. The van der Waals surface area contributed by atoms with Crippen LogP contribution >= 0.6 is 0 Å². The third-order valence-electron chi connectivity index (χ3n) is 11.4. The van der Waals surface area contributed by atoms with Crippen molar-refractivity contribution in [2.24, 2.45) is 34.5 Å². The van der Waals surface area contributed by atoms with Crippen molar-refractivity contribution in [3.63, 3.8) is 0 Å². The van der Waals surface area contributed by atoms with E-state index in [2.05, 4.69) is 60.7 Å². The number of H-pyrrole nitrogens is 1. The number of hydrogen-bond donors (Lipinski definition) is 2. The Morgan fingerprint density at radius 1 is 1.11 bits per heavy atom. The summed E-state index contributed by atoms with van der Waals surface area (Å²) in [4.78, 5) is 30.5. The van der Waals surface area contributed by atoms with Crippen LogP contribution < -0.4 is 5.32 Å². The number of para-hydroxylation sites is 1. The molecule has 2 heterocycles. The minimum absolute atomic E-state index is 0.101. The van der Waals surface area contributed by atoms with Gasteiger partial charge in [-0.15, -0.1) is 0 Å². The number of aromatic nitrogens is 1. The van der Waals surface area contributed by atoms with Crippen molar-refractivity contribution in [1.82, 2.24) is 15.2 Å². The van der Waals surface area contributed by atoms with Gasteiger partial charge in [-0.1, -0.05) is 38.1 Å². The van der Waals surface area contributed by atoms with Crippen molar-refractivity contribution in [3.8, 4) is 0 Å². The minimum Gasteiger partial charge on any atom is -0.361 e. The number of carbonyl (C=O) groups excluding carboxylic acids is 2. The van der Waals surface area contributed by atoms with Crippen molar-refractivity contribution in [1.29, 1.82) is 0 Å². The van der Waals surface area contributed by atoms with Crippen molar-refractivity contribution in [2.45, 2.75) is 77.7 Å². The standard InChI is InChI=1S/C32H43N3O2/c1-31-17-15-26-24(12-14-28-32(26,2)18-16-30(37)35(28)3)25(31)13-11-22(31)20-34-29(36)10-6-7-21-19-33-27-9-5-4-8-23(21)27/h4-5,8-9,16,18-19,22,24-26,28,33H,6-7,10-15,17,20H2,1-3H3,(H,34,36)/t22?,24-,25-,26+,28?,31+,32+/m0/s1. The van der Waals surface area contributed by atoms with E-state index in [1.54, 1.807) is 0 Å². The number of fused-ring (bicyclic) bond motifs is 6. The maximum atomic E-state index is 12.8. The summed E-state index contributed by atoms with van der Waals surface area (Å²) in [5.41, 5.74) is 2.90. The Morgan fingerprint density at radius 2 is 1.95 bits per heavy atom. The number of benzene rings is 1. The number of nitrogens with one attached hydrogen (secondary N) is 2. The van der Waals surface area contributed by atoms with E-state index in [1.807, 2.05) is 18.0 Å². The zero-order chi connectivity index (χ0) is 25.8. The summed E-state index contributed by atoms with van der Waals surface area (Å²) < 4.78 is 0. The molecule has 1 aromatic carbocycles. The predicted molar refractivity (Wildman–Crippen MR) is 148 cm³/mol. The van der Waals surface area contributed by atoms with Crippen LogP contribution in [0.1, 0.15) is 70.8 Å². The number of amides is 2. The van der Waals surface area contributed by atoms with Crippen LogP contribution in [0.15, 0.2) is 42.6 Å². The fourth-order valence-electron chi connectivity index (χ4n) is 9.29. The van der Waals surface area contributed by atoms with Gasteiger partial charge < -0.3 is 15.2 Å². The fraction of sp³-hybridized carbons (Fsp3) is 0.625. The van der Waals surface area contributed by atoms with E-state index in [0.717, 1.165) is 37.6 Å². The van der Waals surface area contributed by atoms with Crippen LogP contribution in [0.2, 0.25) is 0 Å². The van der Waals surface area contributed by atoms with Gasteiger partial charge in [0.2, 0.25) is 11.8 Å². The fourth-order valence-corrected chi connectivity index (χ4v) is 9.29. The number of nitrogens with zero attached hydrogens (tertiary/aromatic N) is 1. The first-order chi connectivity index (χ1) is 17.8. The van der Waals surface area contributed by atoms with Gasteiger partial charge in [-0.05, 0) is 98.2 Å². The van der Waals surface area contributed by atoms with Gasteiger partial charge in [-0.2, -0.15) is 0 Å². The van der Waals surface area contributed by atoms with Crippen LogP contribution in [-0.2, 0) is 16.0 Å². The monoisotopic (exact) mass is 501 g/mol. The highest BCUT2D eigenvalue weighted by molar-refractivity contribution is 5.89. The average Bonchev–Trinajstić information content (AvgIpc) is 3.46. The quantitative estimate of drug-likeness (QED) is 0.520. The van der Waals surface area contributed by atoms with Gasteiger partial charge in [0.15, 0.2) is 0 Å². The van der Waals surface area contributed by atoms with Gasteiger partial charge in [0, 0.05) is 48.6 Å². The molecule has 0 saturated heterocycles. The third-order valence-corrected chi connectivity index (χ3v) is 11.4. The molecule has 2 N–H and O–H groups in total. The predicted octanol–water partition coefficient (Wildman–Crippen LogP) is 5.86. The second kappa shape index (κ2) is 9.32. The Labute approximate surface area is 221 Å². The zero-order valence-corrected chi connectivity index (χ0v) is 22.8. The molecule has 1 aromatic heterocycles. The molecular formula is C32H43N3O2. The van der Waals surface area contributed by atoms with Crippen molar-refractivity contribution >= 4 is 22.7 Å². The van der Waals surface area contributed by atoms with Crippen LogP contribution in [0.25, 0.3) is 10.9 Å². The number of rotatable bonds is 6. The van der Waals surface area contributed by atoms with Gasteiger partial charge in [-0.3, -0.25) is 9.59 Å². The van der Waals surface area contributed by atoms with Crippen molar-refractivity contribution in [3.05, 3.63) is 48.2 Å². The lowest BCUT2D eigenvalue weighted by molar-refractivity contribution is -0.139. The number of aryl methyl sites for hydroxylation is 1. The molecule has 1 aliphatic heterocycles. The van der Waals surface area contributed by atoms with E-state index in [4.69, 9.17) is 0 Å². The number of likely N-dealkylation sites (N-methyl/N-ethyl adjacent to an activating group) is 1. The lowest BCUT2D eigenvalue weighted by atomic mass is 9.47. The molecular weight excluding hydrogens is 458 g/mol. The Balaban J connectivity index is 1.04. The maximum Gasteiger partial charge on any atom is 0.246 e. The van der Waals surface area contributed by atoms with E-state index in [-0.39, 0.29) is 17.2 Å². The summed E-state index contributed by atoms with van der Waals surface area (Å²) >= 11 is 0. The largest absolute Gasteiger partial charge is 0.361 e. The van der Waals surface area contributed by atoms with E-state index in [9.17, 15) is 9.59 Å². The summed E-state index contributed by atoms with van der Waals surface area (Å²) in [7, 11) is 2.00. The van der Waals surface area contributed by atoms with E-state index >= 15 is 0 Å². The molecule has 2 amide bonds. The normalized spacial score (nSPS) is 36.8. The summed E-state index contributed by atoms with van der Waals surface area (Å²) in [6, 6.07) is 8.73. The molecule has 198 valence electrons. The van der Waals surface area contributed by atoms with Crippen molar-refractivity contribution in [2.75, 3.05) is 13.6 Å². The molecule has 37 heavy (non-hydrogen) atoms. The number of carbonyl (C=O) groups is 2. The number of hydrogen-bond acceptors (Lipinski definition) is 2. The molecule has 0 radical (unpaired) electrons. The van der Waals surface area contributed by atoms with Gasteiger partial charge in [0.1, 0.15) is 0 Å². The van der Waals surface area contributed by atoms with Crippen LogP contribution in [0.5, 0.6) is 0 Å². The smallest absolute Gasteiger partial charge is 0.246 e. The summed E-state index contributed by atoms with van der Waals surface area (Å²) in [6.07, 6.45) is 16.0. The maximum absolute atomic E-state index is 12.8. The third kappa shape index (κ3) is 4.04. The van der Waals surface area contributed by atoms with Crippen LogP contribution in [0, 0.1) is 34.5 Å². The molecule has 6 rings (SSSR count). The second-order valence-electron chi connectivity index (χ2n) is 13.0. The Hall–Kier alpha value is -2.56. The van der Waals surface area contributed by atoms with Crippen LogP contribution in [0.3, 0.4) is 0 Å². The van der Waals surface area contributed by atoms with E-state index < -0.39 is 0 Å². The Morgan fingerprint density at radius 3 is 2.81 bits per heavy atom. The molecule has 7 atom stereocenters. The first-order valence-corrected chi connectivity index (χ1v) is 14.6. The molecule has 0 spiro atoms. The van der Waals surface area contributed by atoms with E-state index in [1.165, 1.54) is 48.6 Å². The SMILES string of the molecule is CN1C(=O)C=C[C@@]2(C)C1CC[C@@H]1[C@H]2CC[C@]2(C)C(CNC(=O)CCCc3c[nH]c4ccccc34)CC[C@@H]12. The molecule has 5 nitrogen and oxygen atoms in total. The van der Waals surface area contributed by atoms with Crippen LogP contribution in [0.4, 0.5) is 0 Å². The molecule has 0 bridgehead atoms. The average molecular weight is 502 g/mol. The Kier molecular flexibility index (Phi) is 6.24. The van der Waals surface area contributed by atoms with Gasteiger partial charge >= 0.3 is 0 Å². The van der Waals surface area contributed by atoms with Gasteiger partial charge in [0.05, 0.1) is 0 Å². The first kappa shape index (κ1) is 24.8. The molecule has 3 aliphatic carbocycles. The van der Waals surface area contributed by atoms with Gasteiger partial charge in [0.25, 0.3) is 0 Å². The van der Waals surface area contributed by atoms with Crippen molar-refractivity contribution < 1.29 is 9.59 Å². The first-order valence-electron chi connectivity index (χ1n) is 14.6. The van der Waals surface area contributed by atoms with E-state index in [0.29, 0.717) is 29.7 Å². The lowest BCUT2D eigenvalue weighted by Crippen LogP contribution is -2.59. The van der Waals surface area contributed by atoms with Crippen LogP contribution in [-0.4, -0.2) is 41.3 Å². The lowest BCUT2D eigenvalue weighted by Gasteiger charge is -2.60. The summed E-state index contributed by atoms with van der Waals surface area (Å²) in [6.45, 7) is 5.77. The topological polar surface area (TPSA) is 65.2 Å².